The van der Waals surface area contributed by atoms with Gasteiger partial charge in [-0.25, -0.2) is 4.39 Å². The van der Waals surface area contributed by atoms with Crippen molar-refractivity contribution >= 4 is 21.8 Å². The summed E-state index contributed by atoms with van der Waals surface area (Å²) < 4.78 is 19.0. The summed E-state index contributed by atoms with van der Waals surface area (Å²) in [5, 5.41) is 2.83. The van der Waals surface area contributed by atoms with Crippen LogP contribution in [0.3, 0.4) is 0 Å². The second-order valence-corrected chi connectivity index (χ2v) is 5.57. The second-order valence-electron chi connectivity index (χ2n) is 4.66. The smallest absolute Gasteiger partial charge is 0.252 e. The molecular formula is C16H16BrFN2O2. The molecule has 0 aliphatic carbocycles. The number of unbranched alkanes of at least 4 members (excludes halogenated alkanes) is 1. The van der Waals surface area contributed by atoms with Gasteiger partial charge in [0.2, 0.25) is 0 Å². The highest BCUT2D eigenvalue weighted by molar-refractivity contribution is 9.10. The first-order valence-corrected chi connectivity index (χ1v) is 7.71. The quantitative estimate of drug-likeness (QED) is 0.762. The van der Waals surface area contributed by atoms with Crippen LogP contribution in [0.5, 0.6) is 5.75 Å². The van der Waals surface area contributed by atoms with Crippen LogP contribution >= 0.6 is 15.9 Å². The van der Waals surface area contributed by atoms with Gasteiger partial charge in [0.15, 0.2) is 0 Å². The average Bonchev–Trinajstić information content (AvgIpc) is 2.52. The molecule has 2 aromatic rings. The Balaban J connectivity index is 1.61. The Morgan fingerprint density at radius 1 is 1.23 bits per heavy atom. The number of carbonyl (C=O) groups excluding carboxylic acids is 1. The van der Waals surface area contributed by atoms with Crippen molar-refractivity contribution in [3.05, 3.63) is 58.6 Å². The van der Waals surface area contributed by atoms with Crippen molar-refractivity contribution in [3.8, 4) is 5.75 Å². The van der Waals surface area contributed by atoms with Crippen LogP contribution in [0, 0.1) is 5.82 Å². The number of carbonyl (C=O) groups is 1. The SMILES string of the molecule is O=C(NCCCCOc1ccc(F)cc1)c1cncc(Br)c1. The number of benzene rings is 1. The summed E-state index contributed by atoms with van der Waals surface area (Å²) in [6, 6.07) is 7.64. The largest absolute Gasteiger partial charge is 0.494 e. The maximum absolute atomic E-state index is 12.7. The van der Waals surface area contributed by atoms with Gasteiger partial charge in [-0.3, -0.25) is 9.78 Å². The Kier molecular flexibility index (Phi) is 6.33. The maximum atomic E-state index is 12.7. The number of amides is 1. The molecule has 0 saturated heterocycles. The van der Waals surface area contributed by atoms with Crippen molar-refractivity contribution < 1.29 is 13.9 Å². The first-order chi connectivity index (χ1) is 10.6. The van der Waals surface area contributed by atoms with E-state index in [4.69, 9.17) is 4.74 Å². The minimum atomic E-state index is -0.280. The van der Waals surface area contributed by atoms with Crippen molar-refractivity contribution in [1.82, 2.24) is 10.3 Å². The Bertz CT molecular complexity index is 620. The van der Waals surface area contributed by atoms with Gasteiger partial charge in [0.05, 0.1) is 12.2 Å². The fourth-order valence-electron chi connectivity index (χ4n) is 1.79. The normalized spacial score (nSPS) is 10.3. The Morgan fingerprint density at radius 2 is 2.00 bits per heavy atom. The summed E-state index contributed by atoms with van der Waals surface area (Å²) in [4.78, 5) is 15.8. The molecule has 0 atom stereocenters. The number of nitrogens with one attached hydrogen (secondary N) is 1. The number of pyridine rings is 1. The molecule has 0 aliphatic rings. The van der Waals surface area contributed by atoms with E-state index >= 15 is 0 Å². The standard InChI is InChI=1S/C16H16BrFN2O2/c17-13-9-12(10-19-11-13)16(21)20-7-1-2-8-22-15-5-3-14(18)4-6-15/h3-6,9-11H,1-2,7-8H2,(H,20,21). The lowest BCUT2D eigenvalue weighted by Gasteiger charge is -2.07. The summed E-state index contributed by atoms with van der Waals surface area (Å²) >= 11 is 3.28. The third-order valence-electron chi connectivity index (χ3n) is 2.91. The molecule has 22 heavy (non-hydrogen) atoms. The molecule has 1 amide bonds. The Hall–Kier alpha value is -1.95. The molecule has 1 N–H and O–H groups in total. The lowest BCUT2D eigenvalue weighted by atomic mass is 10.2. The molecule has 0 saturated carbocycles. The van der Waals surface area contributed by atoms with E-state index in [0.29, 0.717) is 24.5 Å². The van der Waals surface area contributed by atoms with E-state index in [-0.39, 0.29) is 11.7 Å². The van der Waals surface area contributed by atoms with Crippen LogP contribution in [-0.4, -0.2) is 24.0 Å². The molecule has 2 rings (SSSR count). The zero-order chi connectivity index (χ0) is 15.8. The third kappa shape index (κ3) is 5.44. The average molecular weight is 367 g/mol. The molecule has 116 valence electrons. The van der Waals surface area contributed by atoms with Crippen molar-refractivity contribution in [2.75, 3.05) is 13.2 Å². The predicted molar refractivity (Wildman–Crippen MR) is 85.4 cm³/mol. The third-order valence-corrected chi connectivity index (χ3v) is 3.34. The van der Waals surface area contributed by atoms with Gasteiger partial charge in [0.1, 0.15) is 11.6 Å². The van der Waals surface area contributed by atoms with Gasteiger partial charge in [0, 0.05) is 23.4 Å². The summed E-state index contributed by atoms with van der Waals surface area (Å²) in [5.41, 5.74) is 0.525. The lowest BCUT2D eigenvalue weighted by molar-refractivity contribution is 0.0952. The van der Waals surface area contributed by atoms with E-state index in [1.165, 1.54) is 18.3 Å². The van der Waals surface area contributed by atoms with Gasteiger partial charge < -0.3 is 10.1 Å². The van der Waals surface area contributed by atoms with Crippen molar-refractivity contribution in [3.63, 3.8) is 0 Å². The van der Waals surface area contributed by atoms with Crippen molar-refractivity contribution in [1.29, 1.82) is 0 Å². The molecule has 0 aliphatic heterocycles. The first-order valence-electron chi connectivity index (χ1n) is 6.92. The Labute approximate surface area is 136 Å². The molecule has 1 heterocycles. The van der Waals surface area contributed by atoms with E-state index in [9.17, 15) is 9.18 Å². The molecule has 6 heteroatoms. The van der Waals surface area contributed by atoms with E-state index in [1.807, 2.05) is 0 Å². The Morgan fingerprint density at radius 3 is 2.73 bits per heavy atom. The molecule has 1 aromatic heterocycles. The molecule has 0 bridgehead atoms. The van der Waals surface area contributed by atoms with Crippen LogP contribution in [0.25, 0.3) is 0 Å². The van der Waals surface area contributed by atoms with Crippen molar-refractivity contribution in [2.24, 2.45) is 0 Å². The molecule has 0 unspecified atom stereocenters. The minimum absolute atomic E-state index is 0.145. The highest BCUT2D eigenvalue weighted by Crippen LogP contribution is 2.11. The maximum Gasteiger partial charge on any atom is 0.252 e. The number of aromatic nitrogens is 1. The number of hydrogen-bond donors (Lipinski definition) is 1. The second kappa shape index (κ2) is 8.48. The summed E-state index contributed by atoms with van der Waals surface area (Å²) in [5.74, 6) is 0.219. The predicted octanol–water partition coefficient (Wildman–Crippen LogP) is 3.57. The van der Waals surface area contributed by atoms with Crippen LogP contribution in [0.1, 0.15) is 23.2 Å². The minimum Gasteiger partial charge on any atom is -0.494 e. The van der Waals surface area contributed by atoms with Crippen LogP contribution in [0.2, 0.25) is 0 Å². The van der Waals surface area contributed by atoms with Crippen LogP contribution in [0.15, 0.2) is 47.2 Å². The number of hydrogen-bond acceptors (Lipinski definition) is 3. The topological polar surface area (TPSA) is 51.2 Å². The number of halogens is 2. The number of rotatable bonds is 7. The van der Waals surface area contributed by atoms with Gasteiger partial charge in [-0.1, -0.05) is 0 Å². The van der Waals surface area contributed by atoms with Crippen LogP contribution < -0.4 is 10.1 Å². The number of ether oxygens (including phenoxy) is 1. The van der Waals surface area contributed by atoms with Gasteiger partial charge in [-0.15, -0.1) is 0 Å². The van der Waals surface area contributed by atoms with Crippen molar-refractivity contribution in [2.45, 2.75) is 12.8 Å². The van der Waals surface area contributed by atoms with Gasteiger partial charge in [0.25, 0.3) is 5.91 Å². The van der Waals surface area contributed by atoms with Crippen LogP contribution in [0.4, 0.5) is 4.39 Å². The van der Waals surface area contributed by atoms with E-state index in [1.54, 1.807) is 24.4 Å². The molecule has 0 radical (unpaired) electrons. The zero-order valence-corrected chi connectivity index (χ0v) is 13.5. The van der Waals surface area contributed by atoms with Gasteiger partial charge in [-0.05, 0) is 59.1 Å². The molecule has 4 nitrogen and oxygen atoms in total. The molecular weight excluding hydrogens is 351 g/mol. The van der Waals surface area contributed by atoms with E-state index in [2.05, 4.69) is 26.2 Å². The fraction of sp³-hybridized carbons (Fsp3) is 0.250. The molecule has 1 aromatic carbocycles. The lowest BCUT2D eigenvalue weighted by Crippen LogP contribution is -2.24. The highest BCUT2D eigenvalue weighted by atomic mass is 79.9. The fourth-order valence-corrected chi connectivity index (χ4v) is 2.15. The first kappa shape index (κ1) is 16.4. The van der Waals surface area contributed by atoms with E-state index < -0.39 is 0 Å². The van der Waals surface area contributed by atoms with Crippen LogP contribution in [-0.2, 0) is 0 Å². The summed E-state index contributed by atoms with van der Waals surface area (Å²) in [6.45, 7) is 1.10. The summed E-state index contributed by atoms with van der Waals surface area (Å²) in [6.07, 6.45) is 4.75. The molecule has 0 spiro atoms. The highest BCUT2D eigenvalue weighted by Gasteiger charge is 2.05. The van der Waals surface area contributed by atoms with Gasteiger partial charge in [-0.2, -0.15) is 0 Å². The molecule has 0 fully saturated rings. The number of nitrogens with zero attached hydrogens (tertiary/aromatic N) is 1. The monoisotopic (exact) mass is 366 g/mol. The summed E-state index contributed by atoms with van der Waals surface area (Å²) in [7, 11) is 0. The zero-order valence-electron chi connectivity index (χ0n) is 11.9. The van der Waals surface area contributed by atoms with E-state index in [0.717, 1.165) is 17.3 Å². The van der Waals surface area contributed by atoms with Gasteiger partial charge >= 0.3 is 0 Å².